The minimum absolute atomic E-state index is 0.161. The molecule has 14 nitrogen and oxygen atoms in total. The number of methoxy groups -OCH3 is 2. The fourth-order valence-electron chi connectivity index (χ4n) is 8.40. The van der Waals surface area contributed by atoms with Crippen molar-refractivity contribution in [1.82, 2.24) is 33.9 Å². The molecule has 0 atom stereocenters. The van der Waals surface area contributed by atoms with Gasteiger partial charge in [0.2, 0.25) is 11.8 Å². The maximum Gasteiger partial charge on any atom is 0.267 e. The number of nitrogens with two attached hydrogens (primary N) is 1. The first-order chi connectivity index (χ1) is 30.1. The highest BCUT2D eigenvalue weighted by atomic mass is 79.9. The van der Waals surface area contributed by atoms with E-state index in [9.17, 15) is 14.8 Å². The van der Waals surface area contributed by atoms with Crippen LogP contribution in [0, 0.1) is 0 Å². The lowest BCUT2D eigenvalue weighted by atomic mass is 10.1. The minimum atomic E-state index is 0.161. The van der Waals surface area contributed by atoms with Gasteiger partial charge < -0.3 is 34.1 Å². The van der Waals surface area contributed by atoms with E-state index >= 15 is 0 Å². The van der Waals surface area contributed by atoms with E-state index in [-0.39, 0.29) is 11.8 Å². The van der Waals surface area contributed by atoms with Crippen molar-refractivity contribution in [3.63, 3.8) is 0 Å². The van der Waals surface area contributed by atoms with Crippen LogP contribution in [-0.2, 0) is 35.8 Å². The molecule has 10 rings (SSSR count). The van der Waals surface area contributed by atoms with Gasteiger partial charge in [-0.05, 0) is 78.6 Å². The molecule has 316 valence electrons. The van der Waals surface area contributed by atoms with Gasteiger partial charge in [0, 0.05) is 64.1 Å². The number of fused-ring (bicyclic) bond motifs is 6. The van der Waals surface area contributed by atoms with Gasteiger partial charge in [0.15, 0.2) is 11.3 Å². The van der Waals surface area contributed by atoms with Crippen LogP contribution in [0.4, 0.5) is 5.82 Å². The summed E-state index contributed by atoms with van der Waals surface area (Å²) in [6, 6.07) is 27.7. The van der Waals surface area contributed by atoms with E-state index in [0.29, 0.717) is 61.4 Å². The number of hydrogen-bond donors (Lipinski definition) is 2. The number of amides is 2. The maximum atomic E-state index is 12.3. The number of likely N-dealkylation sites (tertiary alicyclic amines) is 2. The van der Waals surface area contributed by atoms with E-state index in [1.165, 1.54) is 0 Å². The standard InChI is InChI=1S/C23H22BrN5O2.C23H22BrN4O3/c1-31-16-7-4-14(5-8-16)12-29-19(13-28-10-2-3-20(28)30)27-21-22(29)17-9-6-15(24)11-18(17)26-23(21)25;1-31-17-7-4-15(5-8-17)12-27-21(14-26-10-2-3-22(26)29)25-19-13-28(30)20-11-16(24)6-9-18(20)23(19)27/h4-9,11H,2-3,10,12-13H2,1H3,(H2,25,26);4-9,11,13,30H,2-3,10,12,14H2,1H3/q;+1. The van der Waals surface area contributed by atoms with Gasteiger partial charge in [-0.15, -0.1) is 0 Å². The molecule has 2 amide bonds. The molecule has 0 saturated carbocycles. The lowest BCUT2D eigenvalue weighted by molar-refractivity contribution is -0.883. The fourth-order valence-corrected chi connectivity index (χ4v) is 9.09. The summed E-state index contributed by atoms with van der Waals surface area (Å²) in [5, 5.41) is 12.4. The molecule has 2 fully saturated rings. The first-order valence-electron chi connectivity index (χ1n) is 20.3. The molecule has 6 heterocycles. The third kappa shape index (κ3) is 8.11. The molecule has 2 aliphatic heterocycles. The van der Waals surface area contributed by atoms with Crippen LogP contribution in [0.25, 0.3) is 43.9 Å². The van der Waals surface area contributed by atoms with Gasteiger partial charge in [-0.3, -0.25) is 14.8 Å². The highest BCUT2D eigenvalue weighted by molar-refractivity contribution is 9.10. The first kappa shape index (κ1) is 41.1. The number of carbonyl (C=O) groups is 2. The van der Waals surface area contributed by atoms with Crippen LogP contribution in [0.1, 0.15) is 48.5 Å². The summed E-state index contributed by atoms with van der Waals surface area (Å²) in [6.45, 7) is 3.61. The van der Waals surface area contributed by atoms with Gasteiger partial charge in [0.05, 0.1) is 49.2 Å². The Morgan fingerprint density at radius 1 is 0.661 bits per heavy atom. The quantitative estimate of drug-likeness (QED) is 0.103. The van der Waals surface area contributed by atoms with Gasteiger partial charge in [-0.2, -0.15) is 0 Å². The molecule has 8 aromatic rings. The lowest BCUT2D eigenvalue weighted by Gasteiger charge is -2.17. The van der Waals surface area contributed by atoms with Crippen LogP contribution in [0.5, 0.6) is 11.5 Å². The van der Waals surface area contributed by atoms with E-state index in [4.69, 9.17) is 25.2 Å². The largest absolute Gasteiger partial charge is 0.497 e. The second-order valence-electron chi connectivity index (χ2n) is 15.5. The average molecular weight is 963 g/mol. The summed E-state index contributed by atoms with van der Waals surface area (Å²) in [5.74, 6) is 3.95. The highest BCUT2D eigenvalue weighted by Crippen LogP contribution is 2.33. The Bertz CT molecular complexity index is 3010. The maximum absolute atomic E-state index is 12.3. The molecule has 4 aromatic carbocycles. The smallest absolute Gasteiger partial charge is 0.267 e. The lowest BCUT2D eigenvalue weighted by Crippen LogP contribution is -2.30. The van der Waals surface area contributed by atoms with Crippen molar-refractivity contribution in [2.75, 3.05) is 33.0 Å². The molecule has 0 aliphatic carbocycles. The van der Waals surface area contributed by atoms with Crippen molar-refractivity contribution >= 4 is 93.4 Å². The Morgan fingerprint density at radius 3 is 1.74 bits per heavy atom. The number of hydrogen-bond acceptors (Lipinski definition) is 9. The Labute approximate surface area is 373 Å². The summed E-state index contributed by atoms with van der Waals surface area (Å²) < 4.78 is 17.8. The number of pyridine rings is 2. The van der Waals surface area contributed by atoms with E-state index in [1.54, 1.807) is 20.4 Å². The van der Waals surface area contributed by atoms with Gasteiger partial charge in [-0.25, -0.2) is 15.0 Å². The molecule has 2 aliphatic rings. The summed E-state index contributed by atoms with van der Waals surface area (Å²) >= 11 is 7.00. The highest BCUT2D eigenvalue weighted by Gasteiger charge is 2.27. The van der Waals surface area contributed by atoms with E-state index in [2.05, 4.69) is 46.0 Å². The van der Waals surface area contributed by atoms with Crippen molar-refractivity contribution in [3.8, 4) is 11.5 Å². The second-order valence-corrected chi connectivity index (χ2v) is 17.3. The summed E-state index contributed by atoms with van der Waals surface area (Å²) in [5.41, 5.74) is 13.2. The number of aromatic nitrogens is 6. The van der Waals surface area contributed by atoms with Crippen molar-refractivity contribution in [1.29, 1.82) is 0 Å². The van der Waals surface area contributed by atoms with Crippen LogP contribution in [0.3, 0.4) is 0 Å². The summed E-state index contributed by atoms with van der Waals surface area (Å²) in [6.07, 6.45) is 4.58. The molecule has 0 radical (unpaired) electrons. The molecule has 62 heavy (non-hydrogen) atoms. The summed E-state index contributed by atoms with van der Waals surface area (Å²) in [7, 11) is 3.31. The van der Waals surface area contributed by atoms with E-state index in [1.807, 2.05) is 94.7 Å². The van der Waals surface area contributed by atoms with Crippen LogP contribution >= 0.6 is 31.9 Å². The second kappa shape index (κ2) is 17.2. The number of halogens is 2. The number of nitrogens with zero attached hydrogens (tertiary/aromatic N) is 8. The van der Waals surface area contributed by atoms with Crippen LogP contribution in [0.15, 0.2) is 100 Å². The van der Waals surface area contributed by atoms with Crippen LogP contribution in [0.2, 0.25) is 0 Å². The van der Waals surface area contributed by atoms with Gasteiger partial charge in [0.1, 0.15) is 28.7 Å². The van der Waals surface area contributed by atoms with Crippen molar-refractivity contribution < 1.29 is 29.0 Å². The predicted molar refractivity (Wildman–Crippen MR) is 243 cm³/mol. The molecule has 16 heteroatoms. The zero-order chi connectivity index (χ0) is 43.1. The van der Waals surface area contributed by atoms with Crippen LogP contribution in [-0.4, -0.2) is 78.2 Å². The first-order valence-corrected chi connectivity index (χ1v) is 21.9. The molecular weight excluding hydrogens is 918 g/mol. The zero-order valence-corrected chi connectivity index (χ0v) is 37.4. The molecule has 2 saturated heterocycles. The van der Waals surface area contributed by atoms with E-state index < -0.39 is 0 Å². The topological polar surface area (TPSA) is 158 Å². The molecule has 3 N–H and O–H groups in total. The SMILES string of the molecule is COc1ccc(Cn2c(CN3CCCC3=O)nc3c(N)nc4cc(Br)ccc4c32)cc1.COc1ccc(Cn2c(CN3CCCC3=O)nc3c[n+](O)c4cc(Br)ccc4c32)cc1. The third-order valence-electron chi connectivity index (χ3n) is 11.5. The number of nitrogen functional groups attached to an aromatic ring is 1. The zero-order valence-electron chi connectivity index (χ0n) is 34.2. The van der Waals surface area contributed by atoms with Gasteiger partial charge >= 0.3 is 0 Å². The van der Waals surface area contributed by atoms with Crippen molar-refractivity contribution in [2.24, 2.45) is 0 Å². The predicted octanol–water partition coefficient (Wildman–Crippen LogP) is 7.76. The Morgan fingerprint density at radius 2 is 1.19 bits per heavy atom. The molecule has 0 spiro atoms. The Kier molecular flexibility index (Phi) is 11.4. The fraction of sp³-hybridized carbons (Fsp3) is 0.261. The molecule has 4 aromatic heterocycles. The number of anilines is 1. The summed E-state index contributed by atoms with van der Waals surface area (Å²) in [4.78, 5) is 42.5. The Hall–Kier alpha value is -6.26. The third-order valence-corrected chi connectivity index (χ3v) is 12.5. The molecule has 0 bridgehead atoms. The monoisotopic (exact) mass is 960 g/mol. The Balaban J connectivity index is 0.000000158. The van der Waals surface area contributed by atoms with Crippen molar-refractivity contribution in [2.45, 2.75) is 51.9 Å². The van der Waals surface area contributed by atoms with Gasteiger partial charge in [-0.1, -0.05) is 56.1 Å². The van der Waals surface area contributed by atoms with E-state index in [0.717, 1.165) is 101 Å². The number of imidazole rings is 2. The number of carbonyl (C=O) groups excluding carboxylic acids is 2. The van der Waals surface area contributed by atoms with Crippen LogP contribution < -0.4 is 19.9 Å². The molecule has 0 unspecified atom stereocenters. The molecular formula is C46H44Br2N9O5+. The number of ether oxygens (including phenoxy) is 2. The number of rotatable bonds is 10. The van der Waals surface area contributed by atoms with Crippen molar-refractivity contribution in [3.05, 3.63) is 123 Å². The number of benzene rings is 4. The average Bonchev–Trinajstić information content (AvgIpc) is 4.05. The normalized spacial score (nSPS) is 14.1. The minimum Gasteiger partial charge on any atom is -0.497 e. The van der Waals surface area contributed by atoms with Gasteiger partial charge in [0.25, 0.3) is 11.7 Å².